The van der Waals surface area contributed by atoms with Crippen molar-refractivity contribution in [1.29, 1.82) is 0 Å². The molecule has 6 heteroatoms. The highest BCUT2D eigenvalue weighted by atomic mass is 16.2. The molecular weight excluding hydrogens is 230 g/mol. The molecule has 0 unspecified atom stereocenters. The lowest BCUT2D eigenvalue weighted by atomic mass is 9.79. The van der Waals surface area contributed by atoms with Gasteiger partial charge in [-0.15, -0.1) is 5.10 Å². The van der Waals surface area contributed by atoms with Gasteiger partial charge < -0.3 is 5.73 Å². The van der Waals surface area contributed by atoms with E-state index in [2.05, 4.69) is 20.5 Å². The summed E-state index contributed by atoms with van der Waals surface area (Å²) in [5.74, 6) is 0.180. The van der Waals surface area contributed by atoms with E-state index in [1.165, 1.54) is 25.2 Å². The molecule has 98 valence electrons. The van der Waals surface area contributed by atoms with Crippen molar-refractivity contribution in [2.75, 3.05) is 11.9 Å². The third-order valence-electron chi connectivity index (χ3n) is 3.64. The standard InChI is InChI=1S/C12H19N5O/c13-9-12(5-3-1-2-4-6-12)10(18)16-11-14-7-8-15-17-11/h7-8H,1-6,9,13H2,(H,14,16,17,18). The van der Waals surface area contributed by atoms with Crippen LogP contribution < -0.4 is 11.1 Å². The number of aromatic nitrogens is 3. The van der Waals surface area contributed by atoms with Gasteiger partial charge in [0.2, 0.25) is 11.9 Å². The van der Waals surface area contributed by atoms with Crippen LogP contribution in [-0.2, 0) is 4.79 Å². The summed E-state index contributed by atoms with van der Waals surface area (Å²) in [6, 6.07) is 0. The van der Waals surface area contributed by atoms with Crippen LogP contribution in [0.2, 0.25) is 0 Å². The lowest BCUT2D eigenvalue weighted by Gasteiger charge is -2.29. The molecule has 0 aromatic carbocycles. The van der Waals surface area contributed by atoms with Crippen molar-refractivity contribution in [3.05, 3.63) is 12.4 Å². The van der Waals surface area contributed by atoms with Gasteiger partial charge in [0.05, 0.1) is 17.8 Å². The van der Waals surface area contributed by atoms with Crippen LogP contribution in [0.4, 0.5) is 5.95 Å². The molecule has 1 amide bonds. The Morgan fingerprint density at radius 1 is 1.28 bits per heavy atom. The van der Waals surface area contributed by atoms with E-state index in [1.807, 2.05) is 0 Å². The van der Waals surface area contributed by atoms with Gasteiger partial charge in [-0.2, -0.15) is 5.10 Å². The fraction of sp³-hybridized carbons (Fsp3) is 0.667. The molecule has 0 bridgehead atoms. The van der Waals surface area contributed by atoms with E-state index in [0.29, 0.717) is 6.54 Å². The maximum absolute atomic E-state index is 12.4. The van der Waals surface area contributed by atoms with E-state index >= 15 is 0 Å². The minimum Gasteiger partial charge on any atom is -0.329 e. The highest BCUT2D eigenvalue weighted by Crippen LogP contribution is 2.35. The average Bonchev–Trinajstić information content (AvgIpc) is 2.66. The van der Waals surface area contributed by atoms with Crippen LogP contribution >= 0.6 is 0 Å². The molecule has 1 fully saturated rings. The van der Waals surface area contributed by atoms with Crippen LogP contribution in [-0.4, -0.2) is 27.6 Å². The number of carbonyl (C=O) groups is 1. The van der Waals surface area contributed by atoms with Crippen molar-refractivity contribution in [2.24, 2.45) is 11.1 Å². The third-order valence-corrected chi connectivity index (χ3v) is 3.64. The van der Waals surface area contributed by atoms with E-state index in [1.54, 1.807) is 0 Å². The molecule has 0 aliphatic heterocycles. The first-order valence-electron chi connectivity index (χ1n) is 6.42. The quantitative estimate of drug-likeness (QED) is 0.782. The van der Waals surface area contributed by atoms with E-state index < -0.39 is 5.41 Å². The Balaban J connectivity index is 2.09. The molecule has 1 aromatic rings. The third kappa shape index (κ3) is 2.81. The number of rotatable bonds is 3. The summed E-state index contributed by atoms with van der Waals surface area (Å²) < 4.78 is 0. The van der Waals surface area contributed by atoms with Gasteiger partial charge in [-0.25, -0.2) is 4.98 Å². The Bertz CT molecular complexity index is 387. The summed E-state index contributed by atoms with van der Waals surface area (Å²) >= 11 is 0. The fourth-order valence-electron chi connectivity index (χ4n) is 2.47. The van der Waals surface area contributed by atoms with Crippen molar-refractivity contribution < 1.29 is 4.79 Å². The van der Waals surface area contributed by atoms with Crippen LogP contribution in [0.25, 0.3) is 0 Å². The van der Waals surface area contributed by atoms with Gasteiger partial charge in [-0.05, 0) is 12.8 Å². The monoisotopic (exact) mass is 249 g/mol. The van der Waals surface area contributed by atoms with Crippen LogP contribution in [0.3, 0.4) is 0 Å². The predicted molar refractivity (Wildman–Crippen MR) is 67.6 cm³/mol. The average molecular weight is 249 g/mol. The van der Waals surface area contributed by atoms with Gasteiger partial charge in [-0.1, -0.05) is 25.7 Å². The molecule has 1 heterocycles. The largest absolute Gasteiger partial charge is 0.329 e. The van der Waals surface area contributed by atoms with Gasteiger partial charge in [0.1, 0.15) is 0 Å². The summed E-state index contributed by atoms with van der Waals surface area (Å²) in [4.78, 5) is 16.3. The molecule has 3 N–H and O–H groups in total. The number of nitrogens with zero attached hydrogens (tertiary/aromatic N) is 3. The number of nitrogens with two attached hydrogens (primary N) is 1. The highest BCUT2D eigenvalue weighted by molar-refractivity contribution is 5.94. The molecule has 1 aliphatic carbocycles. The molecular formula is C12H19N5O. The topological polar surface area (TPSA) is 93.8 Å². The predicted octanol–water partition coefficient (Wildman–Crippen LogP) is 1.11. The second-order valence-corrected chi connectivity index (χ2v) is 4.82. The summed E-state index contributed by atoms with van der Waals surface area (Å²) in [7, 11) is 0. The van der Waals surface area contributed by atoms with Gasteiger partial charge >= 0.3 is 0 Å². The maximum atomic E-state index is 12.4. The number of nitrogens with one attached hydrogen (secondary N) is 1. The number of hydrogen-bond acceptors (Lipinski definition) is 5. The normalized spacial score (nSPS) is 18.9. The van der Waals surface area contributed by atoms with Crippen LogP contribution in [0.5, 0.6) is 0 Å². The molecule has 0 atom stereocenters. The molecule has 0 spiro atoms. The first-order chi connectivity index (χ1) is 8.77. The van der Waals surface area contributed by atoms with E-state index in [9.17, 15) is 4.79 Å². The van der Waals surface area contributed by atoms with Gasteiger partial charge in [0.15, 0.2) is 0 Å². The number of amides is 1. The van der Waals surface area contributed by atoms with E-state index in [4.69, 9.17) is 5.73 Å². The second-order valence-electron chi connectivity index (χ2n) is 4.82. The molecule has 0 radical (unpaired) electrons. The summed E-state index contributed by atoms with van der Waals surface area (Å²) in [5.41, 5.74) is 5.38. The first kappa shape index (κ1) is 12.9. The lowest BCUT2D eigenvalue weighted by Crippen LogP contribution is -2.42. The molecule has 1 aromatic heterocycles. The van der Waals surface area contributed by atoms with Crippen LogP contribution in [0.1, 0.15) is 38.5 Å². The smallest absolute Gasteiger partial charge is 0.249 e. The van der Waals surface area contributed by atoms with Crippen molar-refractivity contribution in [3.8, 4) is 0 Å². The SMILES string of the molecule is NCC1(C(=O)Nc2nccnn2)CCCCCC1. The Hall–Kier alpha value is -1.56. The lowest BCUT2D eigenvalue weighted by molar-refractivity contribution is -0.125. The minimum absolute atomic E-state index is 0.0695. The van der Waals surface area contributed by atoms with Gasteiger partial charge in [-0.3, -0.25) is 10.1 Å². The van der Waals surface area contributed by atoms with Crippen molar-refractivity contribution in [1.82, 2.24) is 15.2 Å². The molecule has 2 rings (SSSR count). The molecule has 1 aliphatic rings. The van der Waals surface area contributed by atoms with E-state index in [0.717, 1.165) is 25.7 Å². The number of hydrogen-bond donors (Lipinski definition) is 2. The number of anilines is 1. The van der Waals surface area contributed by atoms with Crippen molar-refractivity contribution >= 4 is 11.9 Å². The Morgan fingerprint density at radius 2 is 2.00 bits per heavy atom. The molecule has 0 saturated heterocycles. The summed E-state index contributed by atoms with van der Waals surface area (Å²) in [6.07, 6.45) is 9.13. The summed E-state index contributed by atoms with van der Waals surface area (Å²) in [6.45, 7) is 0.374. The highest BCUT2D eigenvalue weighted by Gasteiger charge is 2.37. The molecule has 18 heavy (non-hydrogen) atoms. The first-order valence-corrected chi connectivity index (χ1v) is 6.42. The van der Waals surface area contributed by atoms with Crippen molar-refractivity contribution in [2.45, 2.75) is 38.5 Å². The zero-order chi connectivity index (χ0) is 12.8. The maximum Gasteiger partial charge on any atom is 0.249 e. The van der Waals surface area contributed by atoms with Crippen LogP contribution in [0.15, 0.2) is 12.4 Å². The van der Waals surface area contributed by atoms with E-state index in [-0.39, 0.29) is 11.9 Å². The van der Waals surface area contributed by atoms with Crippen molar-refractivity contribution in [3.63, 3.8) is 0 Å². The zero-order valence-electron chi connectivity index (χ0n) is 10.4. The Kier molecular flexibility index (Phi) is 4.19. The fourth-order valence-corrected chi connectivity index (χ4v) is 2.47. The zero-order valence-corrected chi connectivity index (χ0v) is 10.4. The summed E-state index contributed by atoms with van der Waals surface area (Å²) in [5, 5.41) is 10.2. The Labute approximate surface area is 106 Å². The minimum atomic E-state index is -0.463. The van der Waals surface area contributed by atoms with Gasteiger partial charge in [0, 0.05) is 6.54 Å². The Morgan fingerprint density at radius 3 is 2.56 bits per heavy atom. The van der Waals surface area contributed by atoms with Crippen LogP contribution in [0, 0.1) is 5.41 Å². The number of carbonyl (C=O) groups excluding carboxylic acids is 1. The van der Waals surface area contributed by atoms with Gasteiger partial charge in [0.25, 0.3) is 0 Å². The molecule has 6 nitrogen and oxygen atoms in total. The molecule has 1 saturated carbocycles. The second kappa shape index (κ2) is 5.86.